The summed E-state index contributed by atoms with van der Waals surface area (Å²) in [5, 5.41) is 11.4. The van der Waals surface area contributed by atoms with Gasteiger partial charge in [0.25, 0.3) is 11.7 Å². The molecule has 196 valence electrons. The third-order valence-electron chi connectivity index (χ3n) is 6.78. The summed E-state index contributed by atoms with van der Waals surface area (Å²) in [4.78, 5) is 28.3. The molecule has 0 aromatic heterocycles. The summed E-state index contributed by atoms with van der Waals surface area (Å²) in [6.45, 7) is 3.83. The first-order chi connectivity index (χ1) is 18.6. The van der Waals surface area contributed by atoms with Crippen molar-refractivity contribution >= 4 is 17.4 Å². The summed E-state index contributed by atoms with van der Waals surface area (Å²) in [5.74, 6) is 0.120. The van der Waals surface area contributed by atoms with E-state index in [0.717, 1.165) is 18.4 Å². The van der Waals surface area contributed by atoms with E-state index in [1.54, 1.807) is 23.1 Å². The van der Waals surface area contributed by atoms with E-state index >= 15 is 0 Å². The number of fused-ring (bicyclic) bond motifs is 1. The van der Waals surface area contributed by atoms with Crippen LogP contribution in [0.4, 0.5) is 0 Å². The number of ketones is 1. The molecule has 38 heavy (non-hydrogen) atoms. The van der Waals surface area contributed by atoms with Gasteiger partial charge in [-0.1, -0.05) is 55.8 Å². The fraction of sp³-hybridized carbons (Fsp3) is 0.290. The monoisotopic (exact) mass is 513 g/mol. The van der Waals surface area contributed by atoms with Gasteiger partial charge in [-0.15, -0.1) is 0 Å². The second-order valence-corrected chi connectivity index (χ2v) is 9.36. The summed E-state index contributed by atoms with van der Waals surface area (Å²) in [5.41, 5.74) is 2.18. The predicted molar refractivity (Wildman–Crippen MR) is 143 cm³/mol. The molecule has 7 nitrogen and oxygen atoms in total. The number of Topliss-reactive ketones (excluding diaryl/α,β-unsaturated/α-hetero) is 1. The number of benzene rings is 3. The number of amides is 1. The molecule has 5 rings (SSSR count). The topological polar surface area (TPSA) is 85.3 Å². The zero-order chi connectivity index (χ0) is 26.5. The molecule has 1 atom stereocenters. The van der Waals surface area contributed by atoms with Crippen molar-refractivity contribution in [1.82, 2.24) is 4.90 Å². The predicted octanol–water partition coefficient (Wildman–Crippen LogP) is 5.30. The van der Waals surface area contributed by atoms with Gasteiger partial charge in [0.05, 0.1) is 18.2 Å². The van der Waals surface area contributed by atoms with E-state index < -0.39 is 17.7 Å². The van der Waals surface area contributed by atoms with Crippen LogP contribution in [0.1, 0.15) is 42.5 Å². The maximum Gasteiger partial charge on any atom is 0.295 e. The number of nitrogens with zero attached hydrogens (tertiary/aromatic N) is 1. The number of rotatable bonds is 9. The van der Waals surface area contributed by atoms with Gasteiger partial charge in [-0.05, 0) is 54.3 Å². The van der Waals surface area contributed by atoms with Crippen molar-refractivity contribution in [3.8, 4) is 17.2 Å². The van der Waals surface area contributed by atoms with Crippen LogP contribution in [-0.4, -0.2) is 48.1 Å². The Kier molecular flexibility index (Phi) is 7.63. The Hall–Kier alpha value is -4.26. The summed E-state index contributed by atoms with van der Waals surface area (Å²) in [7, 11) is 0. The van der Waals surface area contributed by atoms with Crippen molar-refractivity contribution in [1.29, 1.82) is 0 Å². The van der Waals surface area contributed by atoms with Crippen LogP contribution in [-0.2, 0) is 16.0 Å². The van der Waals surface area contributed by atoms with Gasteiger partial charge in [-0.3, -0.25) is 9.59 Å². The highest BCUT2D eigenvalue weighted by Gasteiger charge is 2.46. The lowest BCUT2D eigenvalue weighted by Crippen LogP contribution is -2.31. The molecule has 0 bridgehead atoms. The summed E-state index contributed by atoms with van der Waals surface area (Å²) in [6, 6.07) is 21.5. The van der Waals surface area contributed by atoms with Crippen LogP contribution in [0.15, 0.2) is 78.4 Å². The van der Waals surface area contributed by atoms with Gasteiger partial charge in [-0.25, -0.2) is 0 Å². The Morgan fingerprint density at radius 3 is 2.55 bits per heavy atom. The third kappa shape index (κ3) is 5.23. The van der Waals surface area contributed by atoms with Crippen molar-refractivity contribution in [3.05, 3.63) is 95.1 Å². The molecule has 2 aliphatic heterocycles. The molecule has 0 spiro atoms. The number of hydrogen-bond acceptors (Lipinski definition) is 6. The standard InChI is InChI=1S/C31H31NO6/c1-2-3-16-36-24-11-7-10-22(19-24)28-27(29(33)23-12-13-25-26(20-23)38-18-17-37-25)30(34)31(35)32(28)15-14-21-8-5-4-6-9-21/h4-13,19-20,28,33H,2-3,14-18H2,1H3/b29-27+. The van der Waals surface area contributed by atoms with Crippen LogP contribution in [0.2, 0.25) is 0 Å². The number of carbonyl (C=O) groups is 2. The molecule has 0 radical (unpaired) electrons. The van der Waals surface area contributed by atoms with E-state index in [2.05, 4.69) is 6.92 Å². The summed E-state index contributed by atoms with van der Waals surface area (Å²) in [6.07, 6.45) is 2.50. The van der Waals surface area contributed by atoms with Crippen LogP contribution in [0.3, 0.4) is 0 Å². The molecule has 3 aromatic rings. The quantitative estimate of drug-likeness (QED) is 0.181. The first-order valence-corrected chi connectivity index (χ1v) is 13.0. The van der Waals surface area contributed by atoms with Gasteiger partial charge in [-0.2, -0.15) is 0 Å². The second-order valence-electron chi connectivity index (χ2n) is 9.36. The summed E-state index contributed by atoms with van der Waals surface area (Å²) >= 11 is 0. The van der Waals surface area contributed by atoms with Crippen LogP contribution in [0, 0.1) is 0 Å². The van der Waals surface area contributed by atoms with Crippen molar-refractivity contribution in [2.24, 2.45) is 0 Å². The zero-order valence-electron chi connectivity index (χ0n) is 21.4. The number of carbonyl (C=O) groups excluding carboxylic acids is 2. The Bertz CT molecular complexity index is 1350. The Labute approximate surface area is 222 Å². The van der Waals surface area contributed by atoms with E-state index in [0.29, 0.717) is 61.2 Å². The Morgan fingerprint density at radius 2 is 1.76 bits per heavy atom. The summed E-state index contributed by atoms with van der Waals surface area (Å²) < 4.78 is 17.2. The van der Waals surface area contributed by atoms with Crippen LogP contribution >= 0.6 is 0 Å². The average molecular weight is 514 g/mol. The first-order valence-electron chi connectivity index (χ1n) is 13.0. The number of unbranched alkanes of at least 4 members (excludes halogenated alkanes) is 1. The maximum absolute atomic E-state index is 13.4. The van der Waals surface area contributed by atoms with Gasteiger partial charge >= 0.3 is 0 Å². The minimum absolute atomic E-state index is 0.0467. The lowest BCUT2D eigenvalue weighted by Gasteiger charge is -2.26. The van der Waals surface area contributed by atoms with Crippen molar-refractivity contribution < 1.29 is 28.9 Å². The number of aliphatic hydroxyl groups excluding tert-OH is 1. The lowest BCUT2D eigenvalue weighted by molar-refractivity contribution is -0.139. The highest BCUT2D eigenvalue weighted by molar-refractivity contribution is 6.46. The minimum atomic E-state index is -0.762. The molecule has 1 amide bonds. The molecule has 2 heterocycles. The molecular formula is C31H31NO6. The van der Waals surface area contributed by atoms with Crippen molar-refractivity contribution in [2.75, 3.05) is 26.4 Å². The fourth-order valence-electron chi connectivity index (χ4n) is 4.81. The SMILES string of the molecule is CCCCOc1cccc(C2/C(=C(\O)c3ccc4c(c3)OCCO4)C(=O)C(=O)N2CCc2ccccc2)c1. The van der Waals surface area contributed by atoms with Crippen LogP contribution < -0.4 is 14.2 Å². The smallest absolute Gasteiger partial charge is 0.295 e. The van der Waals surface area contributed by atoms with E-state index in [9.17, 15) is 14.7 Å². The largest absolute Gasteiger partial charge is 0.507 e. The van der Waals surface area contributed by atoms with Crippen LogP contribution in [0.5, 0.6) is 17.2 Å². The molecular weight excluding hydrogens is 482 g/mol. The van der Waals surface area contributed by atoms with E-state index in [1.807, 2.05) is 54.6 Å². The Morgan fingerprint density at radius 1 is 0.974 bits per heavy atom. The average Bonchev–Trinajstić information content (AvgIpc) is 3.21. The van der Waals surface area contributed by atoms with Crippen LogP contribution in [0.25, 0.3) is 5.76 Å². The zero-order valence-corrected chi connectivity index (χ0v) is 21.4. The van der Waals surface area contributed by atoms with Gasteiger partial charge < -0.3 is 24.2 Å². The Balaban J connectivity index is 1.55. The number of likely N-dealkylation sites (tertiary alicyclic amines) is 1. The van der Waals surface area contributed by atoms with Gasteiger partial charge in [0.2, 0.25) is 0 Å². The van der Waals surface area contributed by atoms with Crippen molar-refractivity contribution in [3.63, 3.8) is 0 Å². The molecule has 3 aromatic carbocycles. The lowest BCUT2D eigenvalue weighted by atomic mass is 9.95. The maximum atomic E-state index is 13.4. The van der Waals surface area contributed by atoms with Crippen molar-refractivity contribution in [2.45, 2.75) is 32.2 Å². The van der Waals surface area contributed by atoms with E-state index in [1.165, 1.54) is 0 Å². The number of aliphatic hydroxyl groups is 1. The third-order valence-corrected chi connectivity index (χ3v) is 6.78. The molecule has 0 saturated carbocycles. The van der Waals surface area contributed by atoms with Gasteiger partial charge in [0, 0.05) is 12.1 Å². The number of ether oxygens (including phenoxy) is 3. The molecule has 1 saturated heterocycles. The molecule has 1 fully saturated rings. The van der Waals surface area contributed by atoms with E-state index in [-0.39, 0.29) is 11.3 Å². The van der Waals surface area contributed by atoms with E-state index in [4.69, 9.17) is 14.2 Å². The molecule has 1 N–H and O–H groups in total. The molecule has 7 heteroatoms. The van der Waals surface area contributed by atoms with Gasteiger partial charge in [0.15, 0.2) is 11.5 Å². The minimum Gasteiger partial charge on any atom is -0.507 e. The molecule has 1 unspecified atom stereocenters. The molecule has 0 aliphatic carbocycles. The second kappa shape index (κ2) is 11.4. The molecule has 2 aliphatic rings. The first kappa shape index (κ1) is 25.4. The normalized spacial score (nSPS) is 18.0. The highest BCUT2D eigenvalue weighted by Crippen LogP contribution is 2.41. The van der Waals surface area contributed by atoms with Gasteiger partial charge in [0.1, 0.15) is 24.7 Å². The fourth-order valence-corrected chi connectivity index (χ4v) is 4.81. The highest BCUT2D eigenvalue weighted by atomic mass is 16.6. The number of hydrogen-bond donors (Lipinski definition) is 1.